The molecule has 0 amide bonds. The quantitative estimate of drug-likeness (QED) is 0.776. The second-order valence-electron chi connectivity index (χ2n) is 3.15. The molecule has 0 bridgehead atoms. The Bertz CT molecular complexity index is 296. The standard InChI is InChI=1S/C10H12BrN/c1-2-10-7-4-3-5-9(11)8(7)6-12-10/h3-5,10,12H,2,6H2,1H3. The third-order valence-corrected chi connectivity index (χ3v) is 3.21. The molecule has 1 aliphatic heterocycles. The largest absolute Gasteiger partial charge is 0.306 e. The van der Waals surface area contributed by atoms with Gasteiger partial charge in [0.2, 0.25) is 0 Å². The topological polar surface area (TPSA) is 12.0 Å². The number of halogens is 1. The lowest BCUT2D eigenvalue weighted by Gasteiger charge is -2.07. The van der Waals surface area contributed by atoms with E-state index in [1.54, 1.807) is 0 Å². The van der Waals surface area contributed by atoms with E-state index in [0.29, 0.717) is 6.04 Å². The molecule has 1 heterocycles. The Morgan fingerprint density at radius 3 is 3.17 bits per heavy atom. The van der Waals surface area contributed by atoms with Crippen LogP contribution < -0.4 is 5.32 Å². The zero-order valence-corrected chi connectivity index (χ0v) is 8.69. The number of fused-ring (bicyclic) bond motifs is 1. The molecule has 0 saturated carbocycles. The fraction of sp³-hybridized carbons (Fsp3) is 0.400. The van der Waals surface area contributed by atoms with E-state index < -0.39 is 0 Å². The number of hydrogen-bond donors (Lipinski definition) is 1. The van der Waals surface area contributed by atoms with Crippen LogP contribution in [0.15, 0.2) is 22.7 Å². The van der Waals surface area contributed by atoms with Crippen LogP contribution in [0.25, 0.3) is 0 Å². The Balaban J connectivity index is 2.46. The van der Waals surface area contributed by atoms with Crippen molar-refractivity contribution in [3.8, 4) is 0 Å². The van der Waals surface area contributed by atoms with Crippen LogP contribution >= 0.6 is 15.9 Å². The number of nitrogens with one attached hydrogen (secondary N) is 1. The maximum absolute atomic E-state index is 3.56. The molecule has 0 saturated heterocycles. The Labute approximate surface area is 81.3 Å². The van der Waals surface area contributed by atoms with Crippen LogP contribution in [0.5, 0.6) is 0 Å². The van der Waals surface area contributed by atoms with Crippen molar-refractivity contribution in [1.29, 1.82) is 0 Å². The van der Waals surface area contributed by atoms with Crippen molar-refractivity contribution in [1.82, 2.24) is 5.32 Å². The van der Waals surface area contributed by atoms with Gasteiger partial charge in [0.1, 0.15) is 0 Å². The highest BCUT2D eigenvalue weighted by Gasteiger charge is 2.20. The first kappa shape index (κ1) is 8.27. The lowest BCUT2D eigenvalue weighted by molar-refractivity contribution is 0.567. The van der Waals surface area contributed by atoms with Crippen molar-refractivity contribution in [3.05, 3.63) is 33.8 Å². The second-order valence-corrected chi connectivity index (χ2v) is 4.00. The highest BCUT2D eigenvalue weighted by molar-refractivity contribution is 9.10. The molecule has 0 fully saturated rings. The van der Waals surface area contributed by atoms with Gasteiger partial charge in [-0.1, -0.05) is 35.0 Å². The minimum atomic E-state index is 0.567. The van der Waals surface area contributed by atoms with E-state index in [-0.39, 0.29) is 0 Å². The summed E-state index contributed by atoms with van der Waals surface area (Å²) in [6, 6.07) is 7.00. The van der Waals surface area contributed by atoms with Crippen LogP contribution in [0.1, 0.15) is 30.5 Å². The molecule has 1 unspecified atom stereocenters. The number of benzene rings is 1. The van der Waals surface area contributed by atoms with Gasteiger partial charge in [-0.15, -0.1) is 0 Å². The van der Waals surface area contributed by atoms with E-state index in [9.17, 15) is 0 Å². The third kappa shape index (κ3) is 1.19. The monoisotopic (exact) mass is 225 g/mol. The molecule has 0 spiro atoms. The van der Waals surface area contributed by atoms with E-state index in [1.165, 1.54) is 22.0 Å². The fourth-order valence-corrected chi connectivity index (χ4v) is 2.31. The van der Waals surface area contributed by atoms with E-state index >= 15 is 0 Å². The van der Waals surface area contributed by atoms with Crippen molar-refractivity contribution < 1.29 is 0 Å². The van der Waals surface area contributed by atoms with Crippen LogP contribution in [0.2, 0.25) is 0 Å². The van der Waals surface area contributed by atoms with Crippen molar-refractivity contribution in [2.75, 3.05) is 0 Å². The molecule has 1 aliphatic rings. The summed E-state index contributed by atoms with van der Waals surface area (Å²) >= 11 is 3.56. The summed E-state index contributed by atoms with van der Waals surface area (Å²) in [5, 5.41) is 3.48. The average Bonchev–Trinajstić information content (AvgIpc) is 2.49. The van der Waals surface area contributed by atoms with E-state index in [0.717, 1.165) is 6.54 Å². The smallest absolute Gasteiger partial charge is 0.0324 e. The predicted molar refractivity (Wildman–Crippen MR) is 54.0 cm³/mol. The molecule has 1 aromatic rings. The predicted octanol–water partition coefficient (Wildman–Crippen LogP) is 3.00. The summed E-state index contributed by atoms with van der Waals surface area (Å²) in [6.07, 6.45) is 1.17. The fourth-order valence-electron chi connectivity index (χ4n) is 1.79. The molecule has 0 radical (unpaired) electrons. The first-order chi connectivity index (χ1) is 5.83. The molecule has 1 N–H and O–H groups in total. The van der Waals surface area contributed by atoms with E-state index in [2.05, 4.69) is 46.4 Å². The van der Waals surface area contributed by atoms with Crippen molar-refractivity contribution in [2.45, 2.75) is 25.9 Å². The van der Waals surface area contributed by atoms with Gasteiger partial charge < -0.3 is 5.32 Å². The molecule has 1 aromatic carbocycles. The Kier molecular flexibility index (Phi) is 2.20. The summed E-state index contributed by atoms with van der Waals surface area (Å²) in [7, 11) is 0. The van der Waals surface area contributed by atoms with Gasteiger partial charge in [0, 0.05) is 17.1 Å². The van der Waals surface area contributed by atoms with Gasteiger partial charge in [0.05, 0.1) is 0 Å². The van der Waals surface area contributed by atoms with Gasteiger partial charge in [0.25, 0.3) is 0 Å². The average molecular weight is 226 g/mol. The molecular weight excluding hydrogens is 214 g/mol. The Morgan fingerprint density at radius 2 is 2.42 bits per heavy atom. The highest BCUT2D eigenvalue weighted by atomic mass is 79.9. The molecule has 2 heteroatoms. The third-order valence-electron chi connectivity index (χ3n) is 2.46. The van der Waals surface area contributed by atoms with Gasteiger partial charge in [-0.25, -0.2) is 0 Å². The second kappa shape index (κ2) is 3.19. The zero-order valence-electron chi connectivity index (χ0n) is 7.10. The summed E-state index contributed by atoms with van der Waals surface area (Å²) in [4.78, 5) is 0. The minimum Gasteiger partial charge on any atom is -0.306 e. The lowest BCUT2D eigenvalue weighted by atomic mass is 10.0. The normalized spacial score (nSPS) is 21.0. The van der Waals surface area contributed by atoms with Gasteiger partial charge >= 0.3 is 0 Å². The van der Waals surface area contributed by atoms with Gasteiger partial charge in [-0.2, -0.15) is 0 Å². The Hall–Kier alpha value is -0.340. The van der Waals surface area contributed by atoms with E-state index in [1.807, 2.05) is 0 Å². The van der Waals surface area contributed by atoms with Crippen molar-refractivity contribution >= 4 is 15.9 Å². The summed E-state index contributed by atoms with van der Waals surface area (Å²) in [6.45, 7) is 3.23. The van der Waals surface area contributed by atoms with Crippen LogP contribution in [0.3, 0.4) is 0 Å². The maximum atomic E-state index is 3.56. The van der Waals surface area contributed by atoms with Crippen molar-refractivity contribution in [3.63, 3.8) is 0 Å². The summed E-state index contributed by atoms with van der Waals surface area (Å²) in [5.74, 6) is 0. The zero-order chi connectivity index (χ0) is 8.55. The van der Waals surface area contributed by atoms with Crippen LogP contribution in [0.4, 0.5) is 0 Å². The Morgan fingerprint density at radius 1 is 1.58 bits per heavy atom. The van der Waals surface area contributed by atoms with Gasteiger partial charge in [-0.05, 0) is 23.6 Å². The first-order valence-electron chi connectivity index (χ1n) is 4.33. The van der Waals surface area contributed by atoms with Gasteiger partial charge in [-0.3, -0.25) is 0 Å². The van der Waals surface area contributed by atoms with Crippen LogP contribution in [0, 0.1) is 0 Å². The van der Waals surface area contributed by atoms with Gasteiger partial charge in [0.15, 0.2) is 0 Å². The van der Waals surface area contributed by atoms with Crippen LogP contribution in [-0.2, 0) is 6.54 Å². The molecule has 0 aromatic heterocycles. The highest BCUT2D eigenvalue weighted by Crippen LogP contribution is 2.32. The summed E-state index contributed by atoms with van der Waals surface area (Å²) < 4.78 is 1.24. The molecule has 1 nitrogen and oxygen atoms in total. The number of hydrogen-bond acceptors (Lipinski definition) is 1. The van der Waals surface area contributed by atoms with Crippen LogP contribution in [-0.4, -0.2) is 0 Å². The molecule has 64 valence electrons. The minimum absolute atomic E-state index is 0.567. The first-order valence-corrected chi connectivity index (χ1v) is 5.13. The lowest BCUT2D eigenvalue weighted by Crippen LogP contribution is -2.10. The van der Waals surface area contributed by atoms with Crippen molar-refractivity contribution in [2.24, 2.45) is 0 Å². The summed E-state index contributed by atoms with van der Waals surface area (Å²) in [5.41, 5.74) is 2.90. The SMILES string of the molecule is CCC1NCc2c(Br)cccc21. The maximum Gasteiger partial charge on any atom is 0.0324 e. The molecule has 1 atom stereocenters. The van der Waals surface area contributed by atoms with E-state index in [4.69, 9.17) is 0 Å². The molecule has 2 rings (SSSR count). The number of rotatable bonds is 1. The molecule has 0 aliphatic carbocycles. The molecule has 12 heavy (non-hydrogen) atoms. The molecular formula is C10H12BrN.